The van der Waals surface area contributed by atoms with Crippen molar-refractivity contribution in [2.75, 3.05) is 13.1 Å². The van der Waals surface area contributed by atoms with Crippen LogP contribution in [-0.2, 0) is 10.0 Å². The molecule has 0 spiro atoms. The highest BCUT2D eigenvalue weighted by molar-refractivity contribution is 7.91. The summed E-state index contributed by atoms with van der Waals surface area (Å²) in [7, 11) is -3.37. The largest absolute Gasteiger partial charge is 0.389 e. The van der Waals surface area contributed by atoms with E-state index < -0.39 is 10.0 Å². The molecule has 0 aromatic carbocycles. The highest BCUT2D eigenvalue weighted by atomic mass is 32.2. The third-order valence-corrected chi connectivity index (χ3v) is 7.16. The summed E-state index contributed by atoms with van der Waals surface area (Å²) in [4.78, 5) is 0.898. The molecule has 1 saturated heterocycles. The average Bonchev–Trinajstić information content (AvgIpc) is 2.98. The van der Waals surface area contributed by atoms with Gasteiger partial charge < -0.3 is 5.73 Å². The molecule has 1 fully saturated rings. The van der Waals surface area contributed by atoms with Crippen molar-refractivity contribution < 1.29 is 8.42 Å². The molecule has 0 saturated carbocycles. The maximum absolute atomic E-state index is 12.5. The van der Waals surface area contributed by atoms with Crippen LogP contribution in [0.3, 0.4) is 0 Å². The van der Waals surface area contributed by atoms with Crippen molar-refractivity contribution in [1.82, 2.24) is 4.31 Å². The van der Waals surface area contributed by atoms with Crippen molar-refractivity contribution in [3.63, 3.8) is 0 Å². The van der Waals surface area contributed by atoms with E-state index in [2.05, 4.69) is 6.92 Å². The Labute approximate surface area is 123 Å². The minimum absolute atomic E-state index is 0.247. The van der Waals surface area contributed by atoms with Gasteiger partial charge in [0.25, 0.3) is 10.0 Å². The fourth-order valence-corrected chi connectivity index (χ4v) is 5.41. The quantitative estimate of drug-likeness (QED) is 0.845. The summed E-state index contributed by atoms with van der Waals surface area (Å²) >= 11 is 6.02. The zero-order valence-electron chi connectivity index (χ0n) is 10.8. The Morgan fingerprint density at radius 1 is 1.58 bits per heavy atom. The molecule has 19 heavy (non-hydrogen) atoms. The number of thiophene rings is 1. The van der Waals surface area contributed by atoms with E-state index in [1.165, 1.54) is 0 Å². The Hall–Kier alpha value is -0.500. The average molecular weight is 318 g/mol. The number of hydrogen-bond acceptors (Lipinski definition) is 4. The molecule has 0 amide bonds. The van der Waals surface area contributed by atoms with Crippen LogP contribution in [0, 0.1) is 5.92 Å². The first-order valence-electron chi connectivity index (χ1n) is 6.35. The minimum Gasteiger partial charge on any atom is -0.389 e. The predicted octanol–water partition coefficient (Wildman–Crippen LogP) is 2.19. The molecule has 1 aromatic rings. The van der Waals surface area contributed by atoms with E-state index in [1.54, 1.807) is 16.4 Å². The van der Waals surface area contributed by atoms with Crippen LogP contribution in [0.1, 0.15) is 31.1 Å². The third kappa shape index (κ3) is 3.16. The van der Waals surface area contributed by atoms with E-state index in [9.17, 15) is 8.42 Å². The van der Waals surface area contributed by atoms with Crippen LogP contribution in [-0.4, -0.2) is 30.8 Å². The summed E-state index contributed by atoms with van der Waals surface area (Å²) in [6.45, 7) is 3.38. The van der Waals surface area contributed by atoms with Gasteiger partial charge in [-0.2, -0.15) is 4.31 Å². The van der Waals surface area contributed by atoms with Gasteiger partial charge in [0.05, 0.1) is 4.88 Å². The molecule has 1 aliphatic rings. The van der Waals surface area contributed by atoms with Crippen LogP contribution in [0.5, 0.6) is 0 Å². The van der Waals surface area contributed by atoms with Gasteiger partial charge in [-0.25, -0.2) is 8.42 Å². The molecule has 2 rings (SSSR count). The van der Waals surface area contributed by atoms with Gasteiger partial charge in [-0.1, -0.05) is 25.6 Å². The number of thiocarbonyl (C=S) groups is 1. The van der Waals surface area contributed by atoms with Gasteiger partial charge >= 0.3 is 0 Å². The Balaban J connectivity index is 2.16. The van der Waals surface area contributed by atoms with Crippen molar-refractivity contribution in [3.05, 3.63) is 17.0 Å². The molecule has 0 bridgehead atoms. The maximum atomic E-state index is 12.5. The van der Waals surface area contributed by atoms with E-state index in [0.29, 0.717) is 28.1 Å². The fraction of sp³-hybridized carbons (Fsp3) is 0.583. The number of sulfonamides is 1. The summed E-state index contributed by atoms with van der Waals surface area (Å²) < 4.78 is 26.9. The van der Waals surface area contributed by atoms with Gasteiger partial charge in [0.1, 0.15) is 9.20 Å². The normalized spacial score (nSPS) is 20.8. The van der Waals surface area contributed by atoms with Crippen LogP contribution in [0.4, 0.5) is 0 Å². The summed E-state index contributed by atoms with van der Waals surface area (Å²) in [6.07, 6.45) is 3.15. The van der Waals surface area contributed by atoms with Crippen LogP contribution < -0.4 is 5.73 Å². The molecule has 1 atom stereocenters. The highest BCUT2D eigenvalue weighted by Gasteiger charge is 2.33. The lowest BCUT2D eigenvalue weighted by atomic mass is 10.0. The van der Waals surface area contributed by atoms with Crippen LogP contribution >= 0.6 is 23.6 Å². The Bertz CT molecular complexity index is 565. The van der Waals surface area contributed by atoms with Gasteiger partial charge in [-0.15, -0.1) is 11.3 Å². The Morgan fingerprint density at radius 2 is 2.32 bits per heavy atom. The van der Waals surface area contributed by atoms with Crippen molar-refractivity contribution in [1.29, 1.82) is 0 Å². The molecular formula is C12H18N2O2S3. The van der Waals surface area contributed by atoms with Gasteiger partial charge in [-0.3, -0.25) is 0 Å². The molecule has 0 radical (unpaired) electrons. The van der Waals surface area contributed by atoms with Crippen LogP contribution in [0.2, 0.25) is 0 Å². The first-order valence-corrected chi connectivity index (χ1v) is 9.01. The van der Waals surface area contributed by atoms with Gasteiger partial charge in [0.15, 0.2) is 0 Å². The molecule has 1 aliphatic heterocycles. The van der Waals surface area contributed by atoms with Gasteiger partial charge in [-0.05, 0) is 30.9 Å². The van der Waals surface area contributed by atoms with E-state index in [4.69, 9.17) is 18.0 Å². The Morgan fingerprint density at radius 3 is 2.89 bits per heavy atom. The lowest BCUT2D eigenvalue weighted by Crippen LogP contribution is -2.28. The SMILES string of the molecule is CCCC1CCN(S(=O)(=O)c2ccc(C(N)=S)s2)C1. The van der Waals surface area contributed by atoms with Gasteiger partial charge in [0.2, 0.25) is 0 Å². The molecule has 106 valence electrons. The van der Waals surface area contributed by atoms with Crippen molar-refractivity contribution in [2.45, 2.75) is 30.4 Å². The third-order valence-electron chi connectivity index (χ3n) is 3.36. The minimum atomic E-state index is -3.37. The second-order valence-corrected chi connectivity index (χ2v) is 8.48. The molecule has 7 heteroatoms. The van der Waals surface area contributed by atoms with Crippen LogP contribution in [0.25, 0.3) is 0 Å². The number of hydrogen-bond donors (Lipinski definition) is 1. The van der Waals surface area contributed by atoms with Crippen LogP contribution in [0.15, 0.2) is 16.3 Å². The Kier molecular flexibility index (Phi) is 4.60. The monoisotopic (exact) mass is 318 g/mol. The molecule has 2 N–H and O–H groups in total. The lowest BCUT2D eigenvalue weighted by molar-refractivity contribution is 0.446. The van der Waals surface area contributed by atoms with E-state index in [-0.39, 0.29) is 4.99 Å². The topological polar surface area (TPSA) is 63.4 Å². The number of nitrogens with zero attached hydrogens (tertiary/aromatic N) is 1. The smallest absolute Gasteiger partial charge is 0.252 e. The fourth-order valence-electron chi connectivity index (χ4n) is 2.38. The van der Waals surface area contributed by atoms with Crippen molar-refractivity contribution in [2.24, 2.45) is 11.7 Å². The number of rotatable bonds is 5. The number of nitrogens with two attached hydrogens (primary N) is 1. The highest BCUT2D eigenvalue weighted by Crippen LogP contribution is 2.30. The summed E-state index contributed by atoms with van der Waals surface area (Å²) in [5, 5.41) is 0. The standard InChI is InChI=1S/C12H18N2O2S3/c1-2-3-9-6-7-14(8-9)19(15,16)11-5-4-10(18-11)12(13)17/h4-5,9H,2-3,6-8H2,1H3,(H2,13,17). The molecule has 1 aromatic heterocycles. The van der Waals surface area contributed by atoms with Gasteiger partial charge in [0, 0.05) is 13.1 Å². The second-order valence-electron chi connectivity index (χ2n) is 4.79. The molecule has 1 unspecified atom stereocenters. The summed E-state index contributed by atoms with van der Waals surface area (Å²) in [5.74, 6) is 0.495. The summed E-state index contributed by atoms with van der Waals surface area (Å²) in [5.41, 5.74) is 5.52. The van der Waals surface area contributed by atoms with E-state index in [0.717, 1.165) is 30.6 Å². The molecule has 2 heterocycles. The lowest BCUT2D eigenvalue weighted by Gasteiger charge is -2.15. The first kappa shape index (κ1) is 14.9. The maximum Gasteiger partial charge on any atom is 0.252 e. The summed E-state index contributed by atoms with van der Waals surface area (Å²) in [6, 6.07) is 3.28. The van der Waals surface area contributed by atoms with Crippen molar-refractivity contribution >= 4 is 38.6 Å². The van der Waals surface area contributed by atoms with Crippen molar-refractivity contribution in [3.8, 4) is 0 Å². The molecular weight excluding hydrogens is 300 g/mol. The van der Waals surface area contributed by atoms with E-state index in [1.807, 2.05) is 0 Å². The van der Waals surface area contributed by atoms with E-state index >= 15 is 0 Å². The zero-order valence-corrected chi connectivity index (χ0v) is 13.3. The first-order chi connectivity index (χ1) is 8.95. The second kappa shape index (κ2) is 5.87. The predicted molar refractivity (Wildman–Crippen MR) is 82.0 cm³/mol. The molecule has 4 nitrogen and oxygen atoms in total. The zero-order chi connectivity index (χ0) is 14.0. The molecule has 0 aliphatic carbocycles.